The Hall–Kier alpha value is -2.61. The smallest absolute Gasteiger partial charge is 0.358 e. The second-order valence-electron chi connectivity index (χ2n) is 10.2. The molecule has 3 heterocycles. The van der Waals surface area contributed by atoms with Crippen LogP contribution in [0.4, 0.5) is 5.69 Å². The van der Waals surface area contributed by atoms with Gasteiger partial charge in [-0.2, -0.15) is 5.10 Å². The first-order valence-electron chi connectivity index (χ1n) is 11.0. The molecule has 2 aromatic heterocycles. The summed E-state index contributed by atoms with van der Waals surface area (Å²) in [5.41, 5.74) is 3.05. The topological polar surface area (TPSA) is 82.4 Å². The van der Waals surface area contributed by atoms with Gasteiger partial charge < -0.3 is 19.1 Å². The number of pyridine rings is 1. The zero-order chi connectivity index (χ0) is 23.8. The van der Waals surface area contributed by atoms with Crippen LogP contribution < -0.4 is 4.90 Å². The van der Waals surface area contributed by atoms with E-state index in [0.29, 0.717) is 0 Å². The lowest BCUT2D eigenvalue weighted by molar-refractivity contribution is -0.164. The van der Waals surface area contributed by atoms with Crippen molar-refractivity contribution in [3.05, 3.63) is 29.1 Å². The maximum absolute atomic E-state index is 12.9. The number of ether oxygens (including phenoxy) is 3. The largest absolute Gasteiger partial charge is 0.467 e. The minimum absolute atomic E-state index is 0.217. The number of carbonyl (C=O) groups excluding carboxylic acids is 2. The van der Waals surface area contributed by atoms with Gasteiger partial charge >= 0.3 is 11.9 Å². The van der Waals surface area contributed by atoms with Gasteiger partial charge in [0, 0.05) is 30.9 Å². The average Bonchev–Trinajstić information content (AvgIpc) is 3.13. The maximum Gasteiger partial charge on any atom is 0.358 e. The van der Waals surface area contributed by atoms with Crippen molar-refractivity contribution >= 4 is 23.1 Å². The fraction of sp³-hybridized carbons (Fsp3) is 0.625. The zero-order valence-corrected chi connectivity index (χ0v) is 20.4. The van der Waals surface area contributed by atoms with Crippen LogP contribution in [0.25, 0.3) is 5.52 Å². The molecule has 176 valence electrons. The highest BCUT2D eigenvalue weighted by atomic mass is 16.6. The number of hydrogen-bond donors (Lipinski definition) is 0. The van der Waals surface area contributed by atoms with Crippen LogP contribution >= 0.6 is 0 Å². The van der Waals surface area contributed by atoms with Crippen molar-refractivity contribution in [3.8, 4) is 0 Å². The van der Waals surface area contributed by atoms with Crippen LogP contribution in [0.15, 0.2) is 12.3 Å². The molecular weight excluding hydrogens is 410 g/mol. The van der Waals surface area contributed by atoms with Crippen LogP contribution in [0.2, 0.25) is 0 Å². The quantitative estimate of drug-likeness (QED) is 0.641. The first-order chi connectivity index (χ1) is 14.9. The van der Waals surface area contributed by atoms with Crippen LogP contribution in [0.5, 0.6) is 0 Å². The second-order valence-corrected chi connectivity index (χ2v) is 10.2. The number of piperidine rings is 1. The number of nitrogens with zero attached hydrogens (tertiary/aromatic N) is 3. The summed E-state index contributed by atoms with van der Waals surface area (Å²) in [6.45, 7) is 13.8. The minimum Gasteiger partial charge on any atom is -0.467 e. The standard InChI is InChI=1S/C24H35N3O5/c1-15-14-27-17(13-16(25-27)21(28)30-7)19(26-11-9-24(5,6)10-12-26)18(15)20(22(29)31-8)32-23(2,3)4/h13-14,20H,9-12H2,1-8H3/t20-/m0/s1. The zero-order valence-electron chi connectivity index (χ0n) is 20.4. The summed E-state index contributed by atoms with van der Waals surface area (Å²) in [4.78, 5) is 27.4. The number of aryl methyl sites for hydroxylation is 1. The van der Waals surface area contributed by atoms with Gasteiger partial charge in [0.25, 0.3) is 0 Å². The number of esters is 2. The van der Waals surface area contributed by atoms with E-state index in [1.54, 1.807) is 10.6 Å². The van der Waals surface area contributed by atoms with Gasteiger partial charge in [0.2, 0.25) is 0 Å². The molecule has 1 aliphatic heterocycles. The van der Waals surface area contributed by atoms with Crippen LogP contribution in [0.1, 0.15) is 75.2 Å². The molecule has 0 aromatic carbocycles. The molecule has 0 spiro atoms. The molecule has 3 rings (SSSR count). The lowest BCUT2D eigenvalue weighted by Crippen LogP contribution is -2.39. The van der Waals surface area contributed by atoms with Crippen LogP contribution in [-0.4, -0.2) is 54.5 Å². The van der Waals surface area contributed by atoms with Gasteiger partial charge in [0.05, 0.1) is 31.0 Å². The molecule has 32 heavy (non-hydrogen) atoms. The summed E-state index contributed by atoms with van der Waals surface area (Å²) >= 11 is 0. The van der Waals surface area contributed by atoms with Gasteiger partial charge in [0.1, 0.15) is 0 Å². The Labute approximate surface area is 189 Å². The van der Waals surface area contributed by atoms with E-state index in [2.05, 4.69) is 23.8 Å². The molecule has 0 radical (unpaired) electrons. The van der Waals surface area contributed by atoms with Gasteiger partial charge in [0.15, 0.2) is 11.8 Å². The summed E-state index contributed by atoms with van der Waals surface area (Å²) in [6, 6.07) is 1.72. The molecular formula is C24H35N3O5. The van der Waals surface area contributed by atoms with E-state index >= 15 is 0 Å². The summed E-state index contributed by atoms with van der Waals surface area (Å²) in [5, 5.41) is 4.43. The third-order valence-electron chi connectivity index (χ3n) is 5.95. The second kappa shape index (κ2) is 8.73. The van der Waals surface area contributed by atoms with Crippen LogP contribution in [0.3, 0.4) is 0 Å². The van der Waals surface area contributed by atoms with E-state index in [-0.39, 0.29) is 11.1 Å². The molecule has 8 nitrogen and oxygen atoms in total. The molecule has 8 heteroatoms. The number of anilines is 1. The molecule has 0 bridgehead atoms. The normalized spacial score (nSPS) is 17.3. The Morgan fingerprint density at radius 3 is 2.28 bits per heavy atom. The van der Waals surface area contributed by atoms with Crippen LogP contribution in [-0.2, 0) is 19.0 Å². The SMILES string of the molecule is COC(=O)c1cc2c(N3CCC(C)(C)CC3)c([C@H](OC(C)(C)C)C(=O)OC)c(C)cn2n1. The highest BCUT2D eigenvalue weighted by molar-refractivity contribution is 5.92. The Morgan fingerprint density at radius 2 is 1.75 bits per heavy atom. The van der Waals surface area contributed by atoms with E-state index in [0.717, 1.165) is 48.3 Å². The number of rotatable bonds is 5. The fourth-order valence-corrected chi connectivity index (χ4v) is 4.14. The van der Waals surface area contributed by atoms with Crippen molar-refractivity contribution in [1.82, 2.24) is 9.61 Å². The Bertz CT molecular complexity index is 1010. The molecule has 0 saturated carbocycles. The van der Waals surface area contributed by atoms with Crippen molar-refractivity contribution in [2.45, 2.75) is 66.1 Å². The van der Waals surface area contributed by atoms with E-state index in [1.807, 2.05) is 33.9 Å². The minimum atomic E-state index is -0.911. The van der Waals surface area contributed by atoms with E-state index in [4.69, 9.17) is 14.2 Å². The van der Waals surface area contributed by atoms with Gasteiger partial charge in [-0.05, 0) is 51.5 Å². The molecule has 1 saturated heterocycles. The van der Waals surface area contributed by atoms with Crippen molar-refractivity contribution < 1.29 is 23.8 Å². The summed E-state index contributed by atoms with van der Waals surface area (Å²) in [6.07, 6.45) is 2.92. The summed E-state index contributed by atoms with van der Waals surface area (Å²) < 4.78 is 17.9. The monoisotopic (exact) mass is 445 g/mol. The van der Waals surface area contributed by atoms with Crippen molar-refractivity contribution in [3.63, 3.8) is 0 Å². The third-order valence-corrected chi connectivity index (χ3v) is 5.95. The van der Waals surface area contributed by atoms with E-state index < -0.39 is 23.6 Å². The lowest BCUT2D eigenvalue weighted by Gasteiger charge is -2.40. The molecule has 0 aliphatic carbocycles. The lowest BCUT2D eigenvalue weighted by atomic mass is 9.82. The first-order valence-corrected chi connectivity index (χ1v) is 11.0. The summed E-state index contributed by atoms with van der Waals surface area (Å²) in [5.74, 6) is -0.965. The number of aromatic nitrogens is 2. The molecule has 0 N–H and O–H groups in total. The van der Waals surface area contributed by atoms with Gasteiger partial charge in [-0.25, -0.2) is 14.1 Å². The van der Waals surface area contributed by atoms with Gasteiger partial charge in [-0.1, -0.05) is 13.8 Å². The molecule has 0 amide bonds. The summed E-state index contributed by atoms with van der Waals surface area (Å²) in [7, 11) is 2.70. The number of methoxy groups -OCH3 is 2. The number of fused-ring (bicyclic) bond motifs is 1. The first kappa shape index (κ1) is 24.0. The Balaban J connectivity index is 2.26. The Kier molecular flexibility index (Phi) is 6.56. The van der Waals surface area contributed by atoms with Crippen molar-refractivity contribution in [1.29, 1.82) is 0 Å². The number of carbonyl (C=O) groups is 2. The van der Waals surface area contributed by atoms with E-state index in [9.17, 15) is 9.59 Å². The predicted octanol–water partition coefficient (Wildman–Crippen LogP) is 4.08. The third kappa shape index (κ3) is 4.90. The maximum atomic E-state index is 12.9. The molecule has 2 aromatic rings. The van der Waals surface area contributed by atoms with Gasteiger partial charge in [-0.15, -0.1) is 0 Å². The Morgan fingerprint density at radius 1 is 1.12 bits per heavy atom. The molecule has 0 unspecified atom stereocenters. The molecule has 1 atom stereocenters. The van der Waals surface area contributed by atoms with Gasteiger partial charge in [-0.3, -0.25) is 0 Å². The van der Waals surface area contributed by atoms with Crippen molar-refractivity contribution in [2.24, 2.45) is 5.41 Å². The fourth-order valence-electron chi connectivity index (χ4n) is 4.14. The van der Waals surface area contributed by atoms with E-state index in [1.165, 1.54) is 14.2 Å². The average molecular weight is 446 g/mol. The predicted molar refractivity (Wildman–Crippen MR) is 122 cm³/mol. The molecule has 1 aliphatic rings. The van der Waals surface area contributed by atoms with Crippen LogP contribution in [0, 0.1) is 12.3 Å². The number of hydrogen-bond acceptors (Lipinski definition) is 7. The highest BCUT2D eigenvalue weighted by Crippen LogP contribution is 2.41. The van der Waals surface area contributed by atoms with Crippen molar-refractivity contribution in [2.75, 3.05) is 32.2 Å². The molecule has 1 fully saturated rings. The highest BCUT2D eigenvalue weighted by Gasteiger charge is 2.36.